The Balaban J connectivity index is 2.55. The number of anilines is 4. The third-order valence-electron chi connectivity index (χ3n) is 4.49. The third kappa shape index (κ3) is 9.11. The van der Waals surface area contributed by atoms with Crippen molar-refractivity contribution in [3.63, 3.8) is 0 Å². The van der Waals surface area contributed by atoms with Gasteiger partial charge in [-0.15, -0.1) is 0 Å². The first kappa shape index (κ1) is 30.2. The van der Waals surface area contributed by atoms with Gasteiger partial charge in [-0.2, -0.15) is 0 Å². The van der Waals surface area contributed by atoms with Gasteiger partial charge in [0, 0.05) is 37.7 Å². The highest BCUT2D eigenvalue weighted by molar-refractivity contribution is 7.92. The molecule has 14 nitrogen and oxygen atoms in total. The van der Waals surface area contributed by atoms with Gasteiger partial charge < -0.3 is 25.4 Å². The number of hydrogen-bond donors (Lipinski definition) is 5. The average molecular weight is 572 g/mol. The van der Waals surface area contributed by atoms with Crippen LogP contribution in [0, 0.1) is 5.92 Å². The van der Waals surface area contributed by atoms with E-state index < -0.39 is 49.6 Å². The predicted molar refractivity (Wildman–Crippen MR) is 143 cm³/mol. The number of rotatable bonds is 9. The van der Waals surface area contributed by atoms with Gasteiger partial charge in [-0.3, -0.25) is 19.0 Å². The number of aromatic hydroxyl groups is 1. The van der Waals surface area contributed by atoms with E-state index >= 15 is 0 Å². The number of ether oxygens (including phenoxy) is 1. The molecule has 2 aromatic carbocycles. The molecule has 0 heterocycles. The number of phenols is 1. The molecule has 0 saturated heterocycles. The van der Waals surface area contributed by atoms with Crippen LogP contribution in [0.25, 0.3) is 0 Å². The number of carbonyl (C=O) groups excluding carboxylic acids is 3. The minimum absolute atomic E-state index is 0.117. The van der Waals surface area contributed by atoms with Crippen LogP contribution < -0.4 is 24.8 Å². The van der Waals surface area contributed by atoms with Gasteiger partial charge in [0.05, 0.1) is 35.3 Å². The minimum Gasteiger partial charge on any atom is -0.504 e. The highest BCUT2D eigenvalue weighted by atomic mass is 32.2. The number of benzene rings is 2. The van der Waals surface area contributed by atoms with Gasteiger partial charge in [0.25, 0.3) is 5.91 Å². The number of hydrogen-bond acceptors (Lipinski definition) is 9. The molecule has 0 atom stereocenters. The molecule has 2 aromatic rings. The fraction of sp³-hybridized carbons (Fsp3) is 0.318. The number of amides is 3. The second-order valence-electron chi connectivity index (χ2n) is 8.77. The SMILES string of the molecule is CC(C)C(=O)Nc1cc(OC(=O)N(C)C)cc(NC(=O)c2cc(NS(C)(=O)=O)cc(NS(C)(=O)=O)c2)c1O. The number of carbonyl (C=O) groups is 3. The van der Waals surface area contributed by atoms with E-state index in [1.54, 1.807) is 13.8 Å². The van der Waals surface area contributed by atoms with Gasteiger partial charge in [-0.05, 0) is 18.2 Å². The van der Waals surface area contributed by atoms with Gasteiger partial charge in [0.15, 0.2) is 5.75 Å². The Hall–Kier alpha value is -4.05. The lowest BCUT2D eigenvalue weighted by atomic mass is 10.1. The molecule has 0 saturated carbocycles. The summed E-state index contributed by atoms with van der Waals surface area (Å²) in [4.78, 5) is 38.5. The maximum atomic E-state index is 13.1. The van der Waals surface area contributed by atoms with Crippen LogP contribution in [-0.4, -0.2) is 71.4 Å². The van der Waals surface area contributed by atoms with Crippen LogP contribution in [0.15, 0.2) is 30.3 Å². The molecule has 0 aliphatic rings. The lowest BCUT2D eigenvalue weighted by Gasteiger charge is -2.17. The van der Waals surface area contributed by atoms with Crippen molar-refractivity contribution >= 4 is 60.7 Å². The van der Waals surface area contributed by atoms with E-state index in [1.807, 2.05) is 0 Å². The summed E-state index contributed by atoms with van der Waals surface area (Å²) in [6.07, 6.45) is 0.967. The van der Waals surface area contributed by atoms with E-state index in [4.69, 9.17) is 4.74 Å². The first-order chi connectivity index (χ1) is 17.3. The predicted octanol–water partition coefficient (Wildman–Crippen LogP) is 2.04. The summed E-state index contributed by atoms with van der Waals surface area (Å²) in [6, 6.07) is 5.76. The van der Waals surface area contributed by atoms with Crippen molar-refractivity contribution in [1.82, 2.24) is 4.90 Å². The molecule has 0 aliphatic carbocycles. The van der Waals surface area contributed by atoms with Crippen LogP contribution in [0.1, 0.15) is 24.2 Å². The zero-order valence-electron chi connectivity index (χ0n) is 21.4. The van der Waals surface area contributed by atoms with E-state index in [9.17, 15) is 36.3 Å². The van der Waals surface area contributed by atoms with Crippen molar-refractivity contribution in [2.24, 2.45) is 5.92 Å². The topological polar surface area (TPSA) is 200 Å². The molecular weight excluding hydrogens is 542 g/mol. The van der Waals surface area contributed by atoms with Gasteiger partial charge in [-0.1, -0.05) is 13.8 Å². The largest absolute Gasteiger partial charge is 0.504 e. The zero-order chi connectivity index (χ0) is 29.0. The van der Waals surface area contributed by atoms with Crippen LogP contribution in [0.4, 0.5) is 27.5 Å². The van der Waals surface area contributed by atoms with Crippen molar-refractivity contribution in [2.45, 2.75) is 13.8 Å². The summed E-state index contributed by atoms with van der Waals surface area (Å²) in [6.45, 7) is 3.23. The summed E-state index contributed by atoms with van der Waals surface area (Å²) >= 11 is 0. The molecule has 2 rings (SSSR count). The first-order valence-electron chi connectivity index (χ1n) is 10.8. The van der Waals surface area contributed by atoms with Crippen molar-refractivity contribution in [2.75, 3.05) is 46.7 Å². The third-order valence-corrected chi connectivity index (χ3v) is 5.70. The number of nitrogens with zero attached hydrogens (tertiary/aromatic N) is 1. The van der Waals surface area contributed by atoms with Gasteiger partial charge >= 0.3 is 6.09 Å². The lowest BCUT2D eigenvalue weighted by Crippen LogP contribution is -2.25. The standard InChI is InChI=1S/C22H29N5O9S2/c1-12(2)20(29)23-17-10-16(36-22(31)27(3)4)11-18(19(17)28)24-21(30)13-7-14(25-37(5,32)33)9-15(8-13)26-38(6,34)35/h7-12,25-26,28H,1-6H3,(H,23,29)(H,24,30). The van der Waals surface area contributed by atoms with Crippen LogP contribution in [0.3, 0.4) is 0 Å². The Kier molecular flexibility index (Phi) is 9.18. The molecule has 0 aliphatic heterocycles. The molecule has 5 N–H and O–H groups in total. The molecule has 208 valence electrons. The highest BCUT2D eigenvalue weighted by Gasteiger charge is 2.20. The Morgan fingerprint density at radius 2 is 1.32 bits per heavy atom. The molecular formula is C22H29N5O9S2. The Morgan fingerprint density at radius 3 is 1.74 bits per heavy atom. The Labute approximate surface area is 220 Å². The monoisotopic (exact) mass is 571 g/mol. The van der Waals surface area contributed by atoms with E-state index in [-0.39, 0.29) is 34.1 Å². The second kappa shape index (κ2) is 11.6. The zero-order valence-corrected chi connectivity index (χ0v) is 23.1. The fourth-order valence-corrected chi connectivity index (χ4v) is 3.92. The molecule has 38 heavy (non-hydrogen) atoms. The quantitative estimate of drug-likeness (QED) is 0.279. The normalized spacial score (nSPS) is 11.4. The molecule has 0 spiro atoms. The molecule has 3 amide bonds. The number of sulfonamides is 2. The number of nitrogens with one attached hydrogen (secondary N) is 4. The average Bonchev–Trinajstić information content (AvgIpc) is 2.73. The summed E-state index contributed by atoms with van der Waals surface area (Å²) in [5, 5.41) is 15.6. The highest BCUT2D eigenvalue weighted by Crippen LogP contribution is 2.38. The van der Waals surface area contributed by atoms with Crippen molar-refractivity contribution in [1.29, 1.82) is 0 Å². The van der Waals surface area contributed by atoms with Crippen LogP contribution in [0.5, 0.6) is 11.5 Å². The van der Waals surface area contributed by atoms with Crippen LogP contribution >= 0.6 is 0 Å². The number of phenolic OH excluding ortho intramolecular Hbond substituents is 1. The van der Waals surface area contributed by atoms with E-state index in [2.05, 4.69) is 20.1 Å². The Morgan fingerprint density at radius 1 is 0.842 bits per heavy atom. The Bertz CT molecular complexity index is 1420. The van der Waals surface area contributed by atoms with E-state index in [0.717, 1.165) is 41.7 Å². The summed E-state index contributed by atoms with van der Waals surface area (Å²) in [5.41, 5.74) is -0.858. The summed E-state index contributed by atoms with van der Waals surface area (Å²) in [7, 11) is -4.70. The molecule has 0 aromatic heterocycles. The molecule has 0 bridgehead atoms. The van der Waals surface area contributed by atoms with E-state index in [0.29, 0.717) is 0 Å². The van der Waals surface area contributed by atoms with Crippen molar-refractivity contribution in [3.8, 4) is 11.5 Å². The van der Waals surface area contributed by atoms with Gasteiger partial charge in [0.1, 0.15) is 5.75 Å². The van der Waals surface area contributed by atoms with Crippen LogP contribution in [-0.2, 0) is 24.8 Å². The maximum absolute atomic E-state index is 13.1. The second-order valence-corrected chi connectivity index (χ2v) is 12.3. The maximum Gasteiger partial charge on any atom is 0.414 e. The molecule has 16 heteroatoms. The summed E-state index contributed by atoms with van der Waals surface area (Å²) in [5.74, 6) is -2.51. The minimum atomic E-state index is -3.79. The smallest absolute Gasteiger partial charge is 0.414 e. The first-order valence-corrected chi connectivity index (χ1v) is 14.6. The molecule has 0 unspecified atom stereocenters. The van der Waals surface area contributed by atoms with Gasteiger partial charge in [0.2, 0.25) is 26.0 Å². The molecule has 0 radical (unpaired) electrons. The lowest BCUT2D eigenvalue weighted by molar-refractivity contribution is -0.118. The molecule has 0 fully saturated rings. The van der Waals surface area contributed by atoms with Crippen LogP contribution in [0.2, 0.25) is 0 Å². The van der Waals surface area contributed by atoms with E-state index in [1.165, 1.54) is 20.2 Å². The van der Waals surface area contributed by atoms with Crippen molar-refractivity contribution < 1.29 is 41.1 Å². The summed E-state index contributed by atoms with van der Waals surface area (Å²) < 4.78 is 56.3. The van der Waals surface area contributed by atoms with Gasteiger partial charge in [-0.25, -0.2) is 21.6 Å². The van der Waals surface area contributed by atoms with Crippen molar-refractivity contribution in [3.05, 3.63) is 35.9 Å². The fourth-order valence-electron chi connectivity index (χ4n) is 2.83.